The first-order valence-electron chi connectivity index (χ1n) is 8.82. The largest absolute Gasteiger partial charge is 0.449 e. The summed E-state index contributed by atoms with van der Waals surface area (Å²) in [4.78, 5) is 25.7. The molecule has 0 radical (unpaired) electrons. The van der Waals surface area contributed by atoms with Crippen LogP contribution in [0.2, 0.25) is 10.0 Å². The number of halogens is 2. The van der Waals surface area contributed by atoms with Gasteiger partial charge in [-0.15, -0.1) is 0 Å². The molecule has 0 aromatic heterocycles. The van der Waals surface area contributed by atoms with E-state index in [1.54, 1.807) is 4.90 Å². The summed E-state index contributed by atoms with van der Waals surface area (Å²) < 4.78 is 5.33. The lowest BCUT2D eigenvalue weighted by atomic mass is 9.84. The standard InChI is InChI=1S/C18H22Cl2N2O3/c19-14-7-6-12(10-15(14)20)17(23)21-18(24)25-11-13-4-3-9-22-8-2-1-5-16(13)22/h6-7,10,13,16H,1-5,8-9,11H2,(H,21,23,24)/p+1/t13-,16-/m0/s1. The maximum atomic E-state index is 12.1. The van der Waals surface area contributed by atoms with Crippen LogP contribution in [-0.4, -0.2) is 37.7 Å². The number of carbonyl (C=O) groups excluding carboxylic acids is 2. The van der Waals surface area contributed by atoms with Crippen LogP contribution in [0, 0.1) is 5.92 Å². The Morgan fingerprint density at radius 1 is 1.12 bits per heavy atom. The summed E-state index contributed by atoms with van der Waals surface area (Å²) in [7, 11) is 0. The molecule has 136 valence electrons. The molecule has 2 heterocycles. The number of benzene rings is 1. The van der Waals surface area contributed by atoms with E-state index in [1.165, 1.54) is 57.0 Å². The molecule has 2 saturated heterocycles. The fraction of sp³-hybridized carbons (Fsp3) is 0.556. The third kappa shape index (κ3) is 4.66. The molecule has 2 amide bonds. The van der Waals surface area contributed by atoms with Gasteiger partial charge in [-0.2, -0.15) is 0 Å². The van der Waals surface area contributed by atoms with Gasteiger partial charge in [-0.05, 0) is 50.3 Å². The Hall–Kier alpha value is -1.30. The predicted octanol–water partition coefficient (Wildman–Crippen LogP) is 2.71. The molecule has 1 aromatic rings. The van der Waals surface area contributed by atoms with E-state index in [2.05, 4.69) is 5.32 Å². The second-order valence-corrected chi connectivity index (χ2v) is 7.66. The van der Waals surface area contributed by atoms with Crippen molar-refractivity contribution >= 4 is 35.2 Å². The summed E-state index contributed by atoms with van der Waals surface area (Å²) in [5.74, 6) is -0.160. The zero-order valence-corrected chi connectivity index (χ0v) is 15.5. The monoisotopic (exact) mass is 385 g/mol. The van der Waals surface area contributed by atoms with Crippen molar-refractivity contribution in [2.45, 2.75) is 38.1 Å². The topological polar surface area (TPSA) is 59.8 Å². The van der Waals surface area contributed by atoms with Crippen molar-refractivity contribution in [3.8, 4) is 0 Å². The molecule has 2 fully saturated rings. The fourth-order valence-corrected chi connectivity index (χ4v) is 4.30. The van der Waals surface area contributed by atoms with Crippen LogP contribution in [-0.2, 0) is 4.74 Å². The fourth-order valence-electron chi connectivity index (χ4n) is 4.00. The second-order valence-electron chi connectivity index (χ2n) is 6.84. The van der Waals surface area contributed by atoms with Crippen LogP contribution < -0.4 is 10.2 Å². The zero-order chi connectivity index (χ0) is 17.8. The van der Waals surface area contributed by atoms with Crippen LogP contribution in [0.15, 0.2) is 18.2 Å². The van der Waals surface area contributed by atoms with Gasteiger partial charge in [-0.25, -0.2) is 4.79 Å². The van der Waals surface area contributed by atoms with Gasteiger partial charge < -0.3 is 9.64 Å². The number of alkyl carbamates (subject to hydrolysis) is 1. The van der Waals surface area contributed by atoms with Gasteiger partial charge in [0.05, 0.1) is 29.2 Å². The van der Waals surface area contributed by atoms with E-state index in [9.17, 15) is 9.59 Å². The first-order chi connectivity index (χ1) is 12.0. The Kier molecular flexibility index (Phi) is 6.20. The van der Waals surface area contributed by atoms with Gasteiger partial charge >= 0.3 is 6.09 Å². The first-order valence-corrected chi connectivity index (χ1v) is 9.58. The summed E-state index contributed by atoms with van der Waals surface area (Å²) in [6, 6.07) is 5.05. The van der Waals surface area contributed by atoms with Gasteiger partial charge in [-0.1, -0.05) is 23.2 Å². The van der Waals surface area contributed by atoms with E-state index in [1.807, 2.05) is 0 Å². The molecule has 5 nitrogen and oxygen atoms in total. The minimum atomic E-state index is -0.709. The highest BCUT2D eigenvalue weighted by Crippen LogP contribution is 2.23. The summed E-state index contributed by atoms with van der Waals surface area (Å²) in [6.07, 6.45) is 5.29. The summed E-state index contributed by atoms with van der Waals surface area (Å²) in [5, 5.41) is 2.87. The number of quaternary nitrogens is 1. The number of carbonyl (C=O) groups is 2. The molecule has 0 saturated carbocycles. The maximum Gasteiger partial charge on any atom is 0.414 e. The Labute approximate surface area is 157 Å². The zero-order valence-electron chi connectivity index (χ0n) is 14.0. The predicted molar refractivity (Wildman–Crippen MR) is 96.3 cm³/mol. The molecular formula is C18H23Cl2N2O3+. The molecule has 3 rings (SSSR count). The number of nitrogens with one attached hydrogen (secondary N) is 2. The average Bonchev–Trinajstić information content (AvgIpc) is 2.62. The minimum Gasteiger partial charge on any atom is -0.449 e. The lowest BCUT2D eigenvalue weighted by Gasteiger charge is -2.40. The van der Waals surface area contributed by atoms with Crippen molar-refractivity contribution in [2.75, 3.05) is 19.7 Å². The molecule has 2 N–H and O–H groups in total. The number of piperidine rings is 2. The molecule has 1 unspecified atom stereocenters. The summed E-state index contributed by atoms with van der Waals surface area (Å²) in [5.41, 5.74) is 0.270. The number of ether oxygens (including phenoxy) is 1. The summed E-state index contributed by atoms with van der Waals surface area (Å²) >= 11 is 11.7. The van der Waals surface area contributed by atoms with E-state index in [0.717, 1.165) is 6.42 Å². The molecule has 3 atom stereocenters. The van der Waals surface area contributed by atoms with E-state index in [0.29, 0.717) is 23.6 Å². The quantitative estimate of drug-likeness (QED) is 0.840. The van der Waals surface area contributed by atoms with Crippen molar-refractivity contribution in [1.29, 1.82) is 0 Å². The second kappa shape index (κ2) is 8.39. The smallest absolute Gasteiger partial charge is 0.414 e. The van der Waals surface area contributed by atoms with Crippen molar-refractivity contribution < 1.29 is 19.2 Å². The van der Waals surface area contributed by atoms with Crippen molar-refractivity contribution in [2.24, 2.45) is 5.92 Å². The highest BCUT2D eigenvalue weighted by atomic mass is 35.5. The molecule has 0 spiro atoms. The molecule has 1 aromatic carbocycles. The molecule has 25 heavy (non-hydrogen) atoms. The molecule has 7 heteroatoms. The van der Waals surface area contributed by atoms with Gasteiger partial charge in [-0.3, -0.25) is 10.1 Å². The van der Waals surface area contributed by atoms with Crippen molar-refractivity contribution in [1.82, 2.24) is 5.32 Å². The van der Waals surface area contributed by atoms with Crippen molar-refractivity contribution in [3.05, 3.63) is 33.8 Å². The molecule has 2 aliphatic heterocycles. The molecule has 0 aliphatic carbocycles. The number of fused-ring (bicyclic) bond motifs is 1. The number of hydrogen-bond acceptors (Lipinski definition) is 3. The van der Waals surface area contributed by atoms with E-state index in [4.69, 9.17) is 27.9 Å². The first kappa shape index (κ1) is 18.5. The normalized spacial score (nSPS) is 25.8. The van der Waals surface area contributed by atoms with Crippen molar-refractivity contribution in [3.63, 3.8) is 0 Å². The van der Waals surface area contributed by atoms with Crippen LogP contribution in [0.3, 0.4) is 0 Å². The van der Waals surface area contributed by atoms with Crippen LogP contribution in [0.4, 0.5) is 4.79 Å². The van der Waals surface area contributed by atoms with E-state index >= 15 is 0 Å². The molecule has 0 bridgehead atoms. The third-order valence-electron chi connectivity index (χ3n) is 5.26. The van der Waals surface area contributed by atoms with Crippen LogP contribution in [0.25, 0.3) is 0 Å². The minimum absolute atomic E-state index is 0.269. The lowest BCUT2D eigenvalue weighted by molar-refractivity contribution is -0.940. The van der Waals surface area contributed by atoms with Crippen LogP contribution >= 0.6 is 23.2 Å². The van der Waals surface area contributed by atoms with Gasteiger partial charge in [0, 0.05) is 11.5 Å². The Bertz CT molecular complexity index is 651. The van der Waals surface area contributed by atoms with E-state index < -0.39 is 12.0 Å². The maximum absolute atomic E-state index is 12.1. The third-order valence-corrected chi connectivity index (χ3v) is 5.99. The average molecular weight is 386 g/mol. The van der Waals surface area contributed by atoms with Crippen LogP contribution in [0.5, 0.6) is 0 Å². The van der Waals surface area contributed by atoms with Gasteiger partial charge in [0.25, 0.3) is 5.91 Å². The Morgan fingerprint density at radius 3 is 2.72 bits per heavy atom. The number of amides is 2. The van der Waals surface area contributed by atoms with E-state index in [-0.39, 0.29) is 10.6 Å². The van der Waals surface area contributed by atoms with Crippen LogP contribution in [0.1, 0.15) is 42.5 Å². The summed E-state index contributed by atoms with van der Waals surface area (Å²) in [6.45, 7) is 2.82. The number of imide groups is 1. The van der Waals surface area contributed by atoms with Gasteiger partial charge in [0.15, 0.2) is 0 Å². The number of rotatable bonds is 3. The number of hydrogen-bond donors (Lipinski definition) is 2. The Morgan fingerprint density at radius 2 is 1.92 bits per heavy atom. The van der Waals surface area contributed by atoms with Gasteiger partial charge in [0.1, 0.15) is 6.61 Å². The molecular weight excluding hydrogens is 363 g/mol. The Balaban J connectivity index is 1.50. The SMILES string of the molecule is O=C(NC(=O)c1ccc(Cl)c(Cl)c1)OC[C@@H]1CCC[NH+]2CCCC[C@@H]12. The highest BCUT2D eigenvalue weighted by molar-refractivity contribution is 6.42. The van der Waals surface area contributed by atoms with Gasteiger partial charge in [0.2, 0.25) is 0 Å². The molecule has 2 aliphatic rings. The lowest BCUT2D eigenvalue weighted by Crippen LogP contribution is -3.18. The highest BCUT2D eigenvalue weighted by Gasteiger charge is 2.37.